The molecule has 0 bridgehead atoms. The van der Waals surface area contributed by atoms with E-state index in [1.807, 2.05) is 0 Å². The Bertz CT molecular complexity index is 321. The molecule has 2 unspecified atom stereocenters. The van der Waals surface area contributed by atoms with Gasteiger partial charge in [0.2, 0.25) is 0 Å². The van der Waals surface area contributed by atoms with Gasteiger partial charge < -0.3 is 15.5 Å². The summed E-state index contributed by atoms with van der Waals surface area (Å²) in [7, 11) is 0. The molecule has 82 valence electrons. The van der Waals surface area contributed by atoms with E-state index in [-0.39, 0.29) is 11.9 Å². The Hall–Kier alpha value is -1.29. The lowest BCUT2D eigenvalue weighted by atomic mass is 10.0. The lowest BCUT2D eigenvalue weighted by Gasteiger charge is -2.15. The predicted octanol–water partition coefficient (Wildman–Crippen LogP) is 1.14. The van der Waals surface area contributed by atoms with Crippen LogP contribution in [0.15, 0.2) is 23.0 Å². The molecule has 4 nitrogen and oxygen atoms in total. The fourth-order valence-electron chi connectivity index (χ4n) is 2.04. The Kier molecular flexibility index (Phi) is 3.06. The summed E-state index contributed by atoms with van der Waals surface area (Å²) in [4.78, 5) is 11.6. The molecule has 1 amide bonds. The number of carbonyl (C=O) groups excluding carboxylic acids is 1. The predicted molar refractivity (Wildman–Crippen MR) is 56.4 cm³/mol. The fourth-order valence-corrected chi connectivity index (χ4v) is 2.04. The summed E-state index contributed by atoms with van der Waals surface area (Å²) in [6.07, 6.45) is 6.31. The standard InChI is InChI=1S/C11H16N2O2/c12-10-3-1-2-8(10)6-13-11(14)9-4-5-15-7-9/h4-5,7-8,10H,1-3,6,12H2,(H,13,14). The zero-order valence-corrected chi connectivity index (χ0v) is 8.61. The van der Waals surface area contributed by atoms with E-state index in [9.17, 15) is 4.79 Å². The molecule has 1 aromatic heterocycles. The number of nitrogens with one attached hydrogen (secondary N) is 1. The Morgan fingerprint density at radius 1 is 1.60 bits per heavy atom. The average Bonchev–Trinajstić information content (AvgIpc) is 2.85. The van der Waals surface area contributed by atoms with Gasteiger partial charge in [-0.05, 0) is 24.8 Å². The summed E-state index contributed by atoms with van der Waals surface area (Å²) >= 11 is 0. The molecule has 1 aromatic rings. The van der Waals surface area contributed by atoms with Crippen LogP contribution in [0, 0.1) is 5.92 Å². The number of furan rings is 1. The van der Waals surface area contributed by atoms with Crippen molar-refractivity contribution in [2.24, 2.45) is 11.7 Å². The van der Waals surface area contributed by atoms with Gasteiger partial charge in [-0.3, -0.25) is 4.79 Å². The van der Waals surface area contributed by atoms with E-state index in [4.69, 9.17) is 10.2 Å². The number of hydrogen-bond donors (Lipinski definition) is 2. The van der Waals surface area contributed by atoms with Crippen LogP contribution in [0.3, 0.4) is 0 Å². The molecule has 1 fully saturated rings. The van der Waals surface area contributed by atoms with Crippen molar-refractivity contribution in [3.8, 4) is 0 Å². The normalized spacial score (nSPS) is 25.4. The van der Waals surface area contributed by atoms with Crippen molar-refractivity contribution in [2.75, 3.05) is 6.54 Å². The molecular weight excluding hydrogens is 192 g/mol. The highest BCUT2D eigenvalue weighted by Gasteiger charge is 2.24. The third-order valence-corrected chi connectivity index (χ3v) is 3.03. The highest BCUT2D eigenvalue weighted by molar-refractivity contribution is 5.93. The van der Waals surface area contributed by atoms with Crippen molar-refractivity contribution in [3.05, 3.63) is 24.2 Å². The van der Waals surface area contributed by atoms with Gasteiger partial charge in [-0.25, -0.2) is 0 Å². The first kappa shape index (κ1) is 10.2. The molecule has 0 spiro atoms. The van der Waals surface area contributed by atoms with E-state index < -0.39 is 0 Å². The third kappa shape index (κ3) is 2.39. The van der Waals surface area contributed by atoms with Gasteiger partial charge in [0.25, 0.3) is 5.91 Å². The van der Waals surface area contributed by atoms with Crippen LogP contribution in [0.1, 0.15) is 29.6 Å². The van der Waals surface area contributed by atoms with Crippen LogP contribution in [0.25, 0.3) is 0 Å². The van der Waals surface area contributed by atoms with Crippen LogP contribution in [-0.4, -0.2) is 18.5 Å². The number of hydrogen-bond acceptors (Lipinski definition) is 3. The molecule has 1 aliphatic carbocycles. The van der Waals surface area contributed by atoms with Crippen molar-refractivity contribution < 1.29 is 9.21 Å². The van der Waals surface area contributed by atoms with E-state index in [0.717, 1.165) is 12.8 Å². The SMILES string of the molecule is NC1CCCC1CNC(=O)c1ccoc1. The molecule has 1 saturated carbocycles. The average molecular weight is 208 g/mol. The van der Waals surface area contributed by atoms with E-state index >= 15 is 0 Å². The molecule has 0 aromatic carbocycles. The van der Waals surface area contributed by atoms with Gasteiger partial charge in [0.1, 0.15) is 6.26 Å². The van der Waals surface area contributed by atoms with Crippen LogP contribution in [0.4, 0.5) is 0 Å². The maximum atomic E-state index is 11.6. The lowest BCUT2D eigenvalue weighted by molar-refractivity contribution is 0.0946. The molecule has 0 aliphatic heterocycles. The molecule has 2 rings (SSSR count). The van der Waals surface area contributed by atoms with Crippen LogP contribution in [0.5, 0.6) is 0 Å². The summed E-state index contributed by atoms with van der Waals surface area (Å²) in [5, 5.41) is 2.88. The molecule has 2 atom stereocenters. The van der Waals surface area contributed by atoms with Gasteiger partial charge in [-0.15, -0.1) is 0 Å². The van der Waals surface area contributed by atoms with E-state index in [0.29, 0.717) is 18.0 Å². The summed E-state index contributed by atoms with van der Waals surface area (Å²) in [5.41, 5.74) is 6.48. The quantitative estimate of drug-likeness (QED) is 0.782. The number of amides is 1. The molecule has 4 heteroatoms. The van der Waals surface area contributed by atoms with Crippen LogP contribution >= 0.6 is 0 Å². The Morgan fingerprint density at radius 2 is 2.47 bits per heavy atom. The minimum atomic E-state index is -0.0807. The topological polar surface area (TPSA) is 68.3 Å². The first-order chi connectivity index (χ1) is 7.27. The van der Waals surface area contributed by atoms with Crippen molar-refractivity contribution in [2.45, 2.75) is 25.3 Å². The second-order valence-electron chi connectivity index (χ2n) is 4.08. The Balaban J connectivity index is 1.81. The van der Waals surface area contributed by atoms with Crippen molar-refractivity contribution in [1.29, 1.82) is 0 Å². The van der Waals surface area contributed by atoms with Gasteiger partial charge in [0.15, 0.2) is 0 Å². The van der Waals surface area contributed by atoms with Crippen LogP contribution < -0.4 is 11.1 Å². The second kappa shape index (κ2) is 4.49. The summed E-state index contributed by atoms with van der Waals surface area (Å²) in [5.74, 6) is 0.351. The smallest absolute Gasteiger partial charge is 0.254 e. The number of rotatable bonds is 3. The summed E-state index contributed by atoms with van der Waals surface area (Å²) < 4.78 is 4.84. The minimum Gasteiger partial charge on any atom is -0.472 e. The minimum absolute atomic E-state index is 0.0807. The summed E-state index contributed by atoms with van der Waals surface area (Å²) in [6, 6.07) is 1.90. The van der Waals surface area contributed by atoms with Crippen LogP contribution in [0.2, 0.25) is 0 Å². The van der Waals surface area contributed by atoms with Gasteiger partial charge in [-0.2, -0.15) is 0 Å². The number of nitrogens with two attached hydrogens (primary N) is 1. The first-order valence-corrected chi connectivity index (χ1v) is 5.33. The molecule has 1 heterocycles. The third-order valence-electron chi connectivity index (χ3n) is 3.03. The number of carbonyl (C=O) groups is 1. The van der Waals surface area contributed by atoms with Gasteiger partial charge in [-0.1, -0.05) is 6.42 Å². The molecule has 0 saturated heterocycles. The molecule has 0 radical (unpaired) electrons. The monoisotopic (exact) mass is 208 g/mol. The maximum Gasteiger partial charge on any atom is 0.254 e. The Labute approximate surface area is 88.8 Å². The summed E-state index contributed by atoms with van der Waals surface area (Å²) in [6.45, 7) is 0.672. The van der Waals surface area contributed by atoms with E-state index in [2.05, 4.69) is 5.32 Å². The second-order valence-corrected chi connectivity index (χ2v) is 4.08. The van der Waals surface area contributed by atoms with E-state index in [1.54, 1.807) is 6.07 Å². The zero-order chi connectivity index (χ0) is 10.7. The van der Waals surface area contributed by atoms with Crippen LogP contribution in [-0.2, 0) is 0 Å². The van der Waals surface area contributed by atoms with Gasteiger partial charge in [0.05, 0.1) is 11.8 Å². The largest absolute Gasteiger partial charge is 0.472 e. The molecule has 3 N–H and O–H groups in total. The highest BCUT2D eigenvalue weighted by Crippen LogP contribution is 2.23. The molecule has 1 aliphatic rings. The lowest BCUT2D eigenvalue weighted by Crippen LogP contribution is -2.35. The van der Waals surface area contributed by atoms with Crippen molar-refractivity contribution in [1.82, 2.24) is 5.32 Å². The maximum absolute atomic E-state index is 11.6. The van der Waals surface area contributed by atoms with Crippen molar-refractivity contribution in [3.63, 3.8) is 0 Å². The van der Waals surface area contributed by atoms with Crippen molar-refractivity contribution >= 4 is 5.91 Å². The first-order valence-electron chi connectivity index (χ1n) is 5.33. The van der Waals surface area contributed by atoms with Gasteiger partial charge in [0, 0.05) is 12.6 Å². The fraction of sp³-hybridized carbons (Fsp3) is 0.545. The zero-order valence-electron chi connectivity index (χ0n) is 8.61. The van der Waals surface area contributed by atoms with E-state index in [1.165, 1.54) is 18.9 Å². The Morgan fingerprint density at radius 3 is 3.07 bits per heavy atom. The molecule has 15 heavy (non-hydrogen) atoms. The van der Waals surface area contributed by atoms with Gasteiger partial charge >= 0.3 is 0 Å². The molecular formula is C11H16N2O2. The highest BCUT2D eigenvalue weighted by atomic mass is 16.3.